The smallest absolute Gasteiger partial charge is 0.222 e. The van der Waals surface area contributed by atoms with Crippen LogP contribution in [0.15, 0.2) is 29.7 Å². The third kappa shape index (κ3) is 3.01. The third-order valence-corrected chi connectivity index (χ3v) is 3.52. The summed E-state index contributed by atoms with van der Waals surface area (Å²) < 4.78 is 1.96. The van der Waals surface area contributed by atoms with Crippen molar-refractivity contribution in [3.63, 3.8) is 0 Å². The quantitative estimate of drug-likeness (QED) is 0.837. The molecule has 2 heterocycles. The zero-order chi connectivity index (χ0) is 13.0. The molecule has 2 N–H and O–H groups in total. The first kappa shape index (κ1) is 12.9. The van der Waals surface area contributed by atoms with E-state index in [1.807, 2.05) is 29.1 Å². The monoisotopic (exact) mass is 263 g/mol. The molecule has 0 fully saturated rings. The van der Waals surface area contributed by atoms with Gasteiger partial charge < -0.3 is 5.73 Å². The van der Waals surface area contributed by atoms with Gasteiger partial charge in [0.2, 0.25) is 5.95 Å². The second-order valence-electron chi connectivity index (χ2n) is 4.26. The van der Waals surface area contributed by atoms with Crippen LogP contribution in [-0.2, 0) is 6.42 Å². The molecule has 0 atom stereocenters. The Hall–Kier alpha value is -1.56. The lowest BCUT2D eigenvalue weighted by Crippen LogP contribution is -2.07. The molecule has 0 aliphatic rings. The van der Waals surface area contributed by atoms with Crippen LogP contribution in [0.2, 0.25) is 0 Å². The van der Waals surface area contributed by atoms with Crippen LogP contribution in [0.4, 0.5) is 5.95 Å². The highest BCUT2D eigenvalue weighted by Gasteiger charge is 2.12. The molecule has 0 radical (unpaired) electrons. The van der Waals surface area contributed by atoms with Crippen LogP contribution in [0.1, 0.15) is 25.5 Å². The molecule has 0 aliphatic heterocycles. The Bertz CT molecular complexity index is 494. The molecule has 0 aromatic carbocycles. The molecule has 6 heteroatoms. The SMILES string of the molecule is CC(C)n1c(N)nnc1SCCc1ccncc1. The molecule has 2 aromatic heterocycles. The minimum Gasteiger partial charge on any atom is -0.368 e. The fourth-order valence-electron chi connectivity index (χ4n) is 1.68. The number of aryl methyl sites for hydroxylation is 1. The molecule has 0 unspecified atom stereocenters. The molecule has 0 amide bonds. The van der Waals surface area contributed by atoms with Crippen LogP contribution in [0.5, 0.6) is 0 Å². The zero-order valence-electron chi connectivity index (χ0n) is 10.6. The van der Waals surface area contributed by atoms with E-state index in [0.717, 1.165) is 17.3 Å². The van der Waals surface area contributed by atoms with Crippen LogP contribution in [0, 0.1) is 0 Å². The number of rotatable bonds is 5. The van der Waals surface area contributed by atoms with Crippen molar-refractivity contribution in [2.24, 2.45) is 0 Å². The first-order valence-electron chi connectivity index (χ1n) is 5.90. The first-order valence-corrected chi connectivity index (χ1v) is 6.89. The highest BCUT2D eigenvalue weighted by molar-refractivity contribution is 7.99. The fraction of sp³-hybridized carbons (Fsp3) is 0.417. The number of nitrogen functional groups attached to an aromatic ring is 1. The number of pyridine rings is 1. The second-order valence-corrected chi connectivity index (χ2v) is 5.32. The third-order valence-electron chi connectivity index (χ3n) is 2.58. The van der Waals surface area contributed by atoms with Gasteiger partial charge in [-0.05, 0) is 38.0 Å². The Balaban J connectivity index is 1.95. The average molecular weight is 263 g/mol. The number of hydrogen-bond acceptors (Lipinski definition) is 5. The normalized spacial score (nSPS) is 11.1. The Morgan fingerprint density at radius 2 is 2.00 bits per heavy atom. The summed E-state index contributed by atoms with van der Waals surface area (Å²) in [4.78, 5) is 4.00. The van der Waals surface area contributed by atoms with E-state index in [1.165, 1.54) is 5.56 Å². The summed E-state index contributed by atoms with van der Waals surface area (Å²) in [7, 11) is 0. The summed E-state index contributed by atoms with van der Waals surface area (Å²) in [5.74, 6) is 1.44. The van der Waals surface area contributed by atoms with Gasteiger partial charge in [-0.15, -0.1) is 10.2 Å². The van der Waals surface area contributed by atoms with Gasteiger partial charge in [0.15, 0.2) is 5.16 Å². The predicted molar refractivity (Wildman–Crippen MR) is 73.5 cm³/mol. The molecule has 2 aromatic rings. The molecular weight excluding hydrogens is 246 g/mol. The van der Waals surface area contributed by atoms with E-state index < -0.39 is 0 Å². The van der Waals surface area contributed by atoms with E-state index >= 15 is 0 Å². The number of thioether (sulfide) groups is 1. The van der Waals surface area contributed by atoms with E-state index in [9.17, 15) is 0 Å². The van der Waals surface area contributed by atoms with Crippen molar-refractivity contribution < 1.29 is 0 Å². The van der Waals surface area contributed by atoms with Crippen LogP contribution in [-0.4, -0.2) is 25.5 Å². The number of nitrogens with two attached hydrogens (primary N) is 1. The van der Waals surface area contributed by atoms with Gasteiger partial charge in [0.05, 0.1) is 0 Å². The van der Waals surface area contributed by atoms with E-state index in [2.05, 4.69) is 29.0 Å². The predicted octanol–water partition coefficient (Wildman–Crippen LogP) is 2.17. The molecule has 0 saturated carbocycles. The Morgan fingerprint density at radius 1 is 1.28 bits per heavy atom. The van der Waals surface area contributed by atoms with Gasteiger partial charge in [-0.25, -0.2) is 0 Å². The molecule has 0 spiro atoms. The Labute approximate surface area is 111 Å². The van der Waals surface area contributed by atoms with Crippen LogP contribution < -0.4 is 5.73 Å². The van der Waals surface area contributed by atoms with E-state index in [4.69, 9.17) is 5.73 Å². The molecule has 96 valence electrons. The van der Waals surface area contributed by atoms with Crippen LogP contribution >= 0.6 is 11.8 Å². The van der Waals surface area contributed by atoms with Crippen molar-refractivity contribution in [2.45, 2.75) is 31.5 Å². The first-order chi connectivity index (χ1) is 8.68. The summed E-state index contributed by atoms with van der Waals surface area (Å²) in [5.41, 5.74) is 7.07. The highest BCUT2D eigenvalue weighted by atomic mass is 32.2. The summed E-state index contributed by atoms with van der Waals surface area (Å²) >= 11 is 1.68. The number of hydrogen-bond donors (Lipinski definition) is 1. The lowest BCUT2D eigenvalue weighted by Gasteiger charge is -2.11. The largest absolute Gasteiger partial charge is 0.368 e. The van der Waals surface area contributed by atoms with Crippen molar-refractivity contribution in [1.82, 2.24) is 19.7 Å². The summed E-state index contributed by atoms with van der Waals surface area (Å²) in [6.07, 6.45) is 4.61. The molecule has 0 saturated heterocycles. The minimum absolute atomic E-state index is 0.281. The van der Waals surface area contributed by atoms with Crippen LogP contribution in [0.3, 0.4) is 0 Å². The number of nitrogens with zero attached hydrogens (tertiary/aromatic N) is 4. The topological polar surface area (TPSA) is 69.6 Å². The zero-order valence-corrected chi connectivity index (χ0v) is 11.4. The summed E-state index contributed by atoms with van der Waals surface area (Å²) in [6.45, 7) is 4.15. The summed E-state index contributed by atoms with van der Waals surface area (Å²) in [5, 5.41) is 8.92. The molecule has 0 bridgehead atoms. The molecule has 2 rings (SSSR count). The Morgan fingerprint density at radius 3 is 2.67 bits per heavy atom. The van der Waals surface area contributed by atoms with Gasteiger partial charge >= 0.3 is 0 Å². The fourth-order valence-corrected chi connectivity index (χ4v) is 2.74. The molecular formula is C12H17N5S. The lowest BCUT2D eigenvalue weighted by molar-refractivity contribution is 0.557. The van der Waals surface area contributed by atoms with Gasteiger partial charge in [-0.2, -0.15) is 0 Å². The van der Waals surface area contributed by atoms with Crippen molar-refractivity contribution >= 4 is 17.7 Å². The maximum absolute atomic E-state index is 5.79. The molecule has 18 heavy (non-hydrogen) atoms. The molecule has 5 nitrogen and oxygen atoms in total. The van der Waals surface area contributed by atoms with Gasteiger partial charge in [-0.3, -0.25) is 9.55 Å². The number of aromatic nitrogens is 4. The maximum Gasteiger partial charge on any atom is 0.222 e. The number of anilines is 1. The summed E-state index contributed by atoms with van der Waals surface area (Å²) in [6, 6.07) is 4.34. The van der Waals surface area contributed by atoms with Gasteiger partial charge in [0, 0.05) is 24.2 Å². The van der Waals surface area contributed by atoms with E-state index in [-0.39, 0.29) is 6.04 Å². The van der Waals surface area contributed by atoms with Gasteiger partial charge in [0.25, 0.3) is 0 Å². The minimum atomic E-state index is 0.281. The standard InChI is InChI=1S/C12H17N5S/c1-9(2)17-11(13)15-16-12(17)18-8-5-10-3-6-14-7-4-10/h3-4,6-7,9H,5,8H2,1-2H3,(H2,13,15). The van der Waals surface area contributed by atoms with Gasteiger partial charge in [-0.1, -0.05) is 11.8 Å². The van der Waals surface area contributed by atoms with Crippen molar-refractivity contribution in [2.75, 3.05) is 11.5 Å². The highest BCUT2D eigenvalue weighted by Crippen LogP contribution is 2.23. The molecule has 0 aliphatic carbocycles. The van der Waals surface area contributed by atoms with Crippen molar-refractivity contribution in [3.8, 4) is 0 Å². The lowest BCUT2D eigenvalue weighted by atomic mass is 10.2. The van der Waals surface area contributed by atoms with Crippen molar-refractivity contribution in [3.05, 3.63) is 30.1 Å². The second kappa shape index (κ2) is 5.86. The van der Waals surface area contributed by atoms with E-state index in [0.29, 0.717) is 5.95 Å². The van der Waals surface area contributed by atoms with Gasteiger partial charge in [0.1, 0.15) is 0 Å². The van der Waals surface area contributed by atoms with Crippen LogP contribution in [0.25, 0.3) is 0 Å². The van der Waals surface area contributed by atoms with Crippen molar-refractivity contribution in [1.29, 1.82) is 0 Å². The average Bonchev–Trinajstić information content (AvgIpc) is 2.72. The maximum atomic E-state index is 5.79. The Kier molecular flexibility index (Phi) is 4.19. The van der Waals surface area contributed by atoms with E-state index in [1.54, 1.807) is 11.8 Å².